The Morgan fingerprint density at radius 2 is 1.87 bits per heavy atom. The number of benzene rings is 2. The minimum Gasteiger partial charge on any atom is -0.494 e. The standard InChI is InChI=1S/C21H22N2O5S2/c1-13(2)30(25,26)16-9-7-14(8-10-16)20(24)28-15-11-23(12-15)21-22-19-17(27-3)5-4-6-18(19)29-21/h4-10,13,15H,11-12H2,1-3H3. The Balaban J connectivity index is 1.38. The van der Waals surface area contributed by atoms with E-state index < -0.39 is 21.1 Å². The second-order valence-electron chi connectivity index (χ2n) is 7.35. The molecule has 3 aromatic rings. The maximum atomic E-state index is 12.4. The molecule has 30 heavy (non-hydrogen) atoms. The summed E-state index contributed by atoms with van der Waals surface area (Å²) in [6.07, 6.45) is -0.231. The molecule has 0 saturated carbocycles. The minimum atomic E-state index is -3.36. The summed E-state index contributed by atoms with van der Waals surface area (Å²) in [5.41, 5.74) is 1.16. The summed E-state index contributed by atoms with van der Waals surface area (Å²) in [5, 5.41) is 0.351. The smallest absolute Gasteiger partial charge is 0.338 e. The molecule has 1 saturated heterocycles. The third-order valence-corrected chi connectivity index (χ3v) is 8.27. The van der Waals surface area contributed by atoms with Crippen LogP contribution in [-0.2, 0) is 14.6 Å². The number of rotatable bonds is 6. The lowest BCUT2D eigenvalue weighted by atomic mass is 10.2. The van der Waals surface area contributed by atoms with Crippen LogP contribution < -0.4 is 9.64 Å². The molecule has 2 heterocycles. The first-order valence-corrected chi connectivity index (χ1v) is 11.9. The molecule has 0 bridgehead atoms. The number of aromatic nitrogens is 1. The molecule has 0 spiro atoms. The van der Waals surface area contributed by atoms with Crippen LogP contribution in [0.3, 0.4) is 0 Å². The highest BCUT2D eigenvalue weighted by Crippen LogP contribution is 2.36. The zero-order chi connectivity index (χ0) is 21.5. The van der Waals surface area contributed by atoms with Crippen molar-refractivity contribution in [1.82, 2.24) is 4.98 Å². The number of anilines is 1. The Kier molecular flexibility index (Phi) is 5.42. The van der Waals surface area contributed by atoms with Gasteiger partial charge in [-0.2, -0.15) is 0 Å². The van der Waals surface area contributed by atoms with Crippen molar-refractivity contribution < 1.29 is 22.7 Å². The van der Waals surface area contributed by atoms with E-state index in [0.29, 0.717) is 18.7 Å². The highest BCUT2D eigenvalue weighted by Gasteiger charge is 2.32. The average molecular weight is 447 g/mol. The molecule has 158 valence electrons. The van der Waals surface area contributed by atoms with Gasteiger partial charge in [-0.3, -0.25) is 0 Å². The molecule has 0 atom stereocenters. The van der Waals surface area contributed by atoms with Crippen LogP contribution in [0, 0.1) is 0 Å². The van der Waals surface area contributed by atoms with E-state index in [4.69, 9.17) is 9.47 Å². The van der Waals surface area contributed by atoms with Crippen molar-refractivity contribution in [3.05, 3.63) is 48.0 Å². The van der Waals surface area contributed by atoms with Gasteiger partial charge in [-0.15, -0.1) is 0 Å². The quantitative estimate of drug-likeness (QED) is 0.536. The molecule has 1 aliphatic heterocycles. The molecule has 1 aliphatic rings. The fourth-order valence-electron chi connectivity index (χ4n) is 3.15. The van der Waals surface area contributed by atoms with E-state index in [-0.39, 0.29) is 11.0 Å². The normalized spacial score (nSPS) is 14.7. The first-order chi connectivity index (χ1) is 14.3. The lowest BCUT2D eigenvalue weighted by Gasteiger charge is -2.38. The number of esters is 1. The average Bonchev–Trinajstić information content (AvgIpc) is 3.13. The Labute approximate surface area is 179 Å². The van der Waals surface area contributed by atoms with Gasteiger partial charge in [0.25, 0.3) is 0 Å². The number of nitrogens with zero attached hydrogens (tertiary/aromatic N) is 2. The van der Waals surface area contributed by atoms with Gasteiger partial charge < -0.3 is 14.4 Å². The van der Waals surface area contributed by atoms with Crippen LogP contribution >= 0.6 is 11.3 Å². The fraction of sp³-hybridized carbons (Fsp3) is 0.333. The molecule has 1 fully saturated rings. The zero-order valence-electron chi connectivity index (χ0n) is 16.9. The monoisotopic (exact) mass is 446 g/mol. The van der Waals surface area contributed by atoms with Crippen molar-refractivity contribution in [2.24, 2.45) is 0 Å². The second kappa shape index (κ2) is 7.88. The van der Waals surface area contributed by atoms with Crippen molar-refractivity contribution in [3.8, 4) is 5.75 Å². The first-order valence-electron chi connectivity index (χ1n) is 9.53. The number of sulfone groups is 1. The zero-order valence-corrected chi connectivity index (χ0v) is 18.5. The summed E-state index contributed by atoms with van der Waals surface area (Å²) in [4.78, 5) is 19.3. The molecule has 1 aromatic heterocycles. The molecular formula is C21H22N2O5S2. The number of thiazole rings is 1. The van der Waals surface area contributed by atoms with Gasteiger partial charge in [0.1, 0.15) is 17.4 Å². The molecular weight excluding hydrogens is 424 g/mol. The van der Waals surface area contributed by atoms with Crippen molar-refractivity contribution in [2.45, 2.75) is 30.1 Å². The lowest BCUT2D eigenvalue weighted by molar-refractivity contribution is 0.0234. The van der Waals surface area contributed by atoms with Gasteiger partial charge in [0.05, 0.1) is 40.6 Å². The summed E-state index contributed by atoms with van der Waals surface area (Å²) >= 11 is 1.57. The van der Waals surface area contributed by atoms with Crippen LogP contribution in [0.2, 0.25) is 0 Å². The third-order valence-electron chi connectivity index (χ3n) is 5.02. The highest BCUT2D eigenvalue weighted by molar-refractivity contribution is 7.92. The summed E-state index contributed by atoms with van der Waals surface area (Å²) < 4.78 is 36.3. The predicted octanol–water partition coefficient (Wildman–Crippen LogP) is 3.53. The molecule has 0 unspecified atom stereocenters. The van der Waals surface area contributed by atoms with Crippen molar-refractivity contribution in [2.75, 3.05) is 25.1 Å². The van der Waals surface area contributed by atoms with E-state index in [9.17, 15) is 13.2 Å². The largest absolute Gasteiger partial charge is 0.494 e. The Morgan fingerprint density at radius 3 is 2.50 bits per heavy atom. The summed E-state index contributed by atoms with van der Waals surface area (Å²) in [6, 6.07) is 11.7. The number of carbonyl (C=O) groups excluding carboxylic acids is 1. The van der Waals surface area contributed by atoms with Gasteiger partial charge in [0.2, 0.25) is 0 Å². The molecule has 2 aromatic carbocycles. The van der Waals surface area contributed by atoms with Crippen LogP contribution in [0.4, 0.5) is 5.13 Å². The van der Waals surface area contributed by atoms with Crippen LogP contribution in [0.1, 0.15) is 24.2 Å². The predicted molar refractivity (Wildman–Crippen MR) is 116 cm³/mol. The summed E-state index contributed by atoms with van der Waals surface area (Å²) in [5.74, 6) is 0.278. The van der Waals surface area contributed by atoms with Gasteiger partial charge in [-0.05, 0) is 50.2 Å². The van der Waals surface area contributed by atoms with E-state index in [2.05, 4.69) is 9.88 Å². The Morgan fingerprint density at radius 1 is 1.17 bits per heavy atom. The topological polar surface area (TPSA) is 85.8 Å². The van der Waals surface area contributed by atoms with Crippen LogP contribution in [0.25, 0.3) is 10.2 Å². The van der Waals surface area contributed by atoms with Crippen LogP contribution in [0.15, 0.2) is 47.4 Å². The first kappa shape index (κ1) is 20.6. The second-order valence-corrected chi connectivity index (χ2v) is 10.9. The molecule has 7 nitrogen and oxygen atoms in total. The van der Waals surface area contributed by atoms with Gasteiger partial charge in [0.15, 0.2) is 15.0 Å². The molecule has 0 radical (unpaired) electrons. The molecule has 9 heteroatoms. The minimum absolute atomic E-state index is 0.204. The third kappa shape index (κ3) is 3.75. The Hall–Kier alpha value is -2.65. The highest BCUT2D eigenvalue weighted by atomic mass is 32.2. The van der Waals surface area contributed by atoms with Crippen molar-refractivity contribution in [1.29, 1.82) is 0 Å². The number of methoxy groups -OCH3 is 1. The van der Waals surface area contributed by atoms with Gasteiger partial charge in [-0.25, -0.2) is 18.2 Å². The van der Waals surface area contributed by atoms with Crippen LogP contribution in [-0.4, -0.2) is 50.9 Å². The van der Waals surface area contributed by atoms with E-state index in [1.165, 1.54) is 24.3 Å². The van der Waals surface area contributed by atoms with E-state index >= 15 is 0 Å². The number of ether oxygens (including phenoxy) is 2. The lowest BCUT2D eigenvalue weighted by Crippen LogP contribution is -2.53. The van der Waals surface area contributed by atoms with Crippen molar-refractivity contribution in [3.63, 3.8) is 0 Å². The van der Waals surface area contributed by atoms with Crippen molar-refractivity contribution >= 4 is 42.5 Å². The number of carbonyl (C=O) groups is 1. The van der Waals surface area contributed by atoms with Gasteiger partial charge >= 0.3 is 5.97 Å². The Bertz CT molecular complexity index is 1180. The number of hydrogen-bond acceptors (Lipinski definition) is 8. The molecule has 0 N–H and O–H groups in total. The summed E-state index contributed by atoms with van der Waals surface area (Å²) in [6.45, 7) is 4.38. The van der Waals surface area contributed by atoms with E-state index in [1.54, 1.807) is 32.3 Å². The van der Waals surface area contributed by atoms with Crippen LogP contribution in [0.5, 0.6) is 5.75 Å². The maximum Gasteiger partial charge on any atom is 0.338 e. The van der Waals surface area contributed by atoms with Gasteiger partial charge in [0, 0.05) is 0 Å². The SMILES string of the molecule is COc1cccc2sc(N3CC(OC(=O)c4ccc(S(=O)(=O)C(C)C)cc4)C3)nc12. The van der Waals surface area contributed by atoms with E-state index in [1.807, 2.05) is 18.2 Å². The molecule has 4 rings (SSSR count). The summed E-state index contributed by atoms with van der Waals surface area (Å²) in [7, 11) is -1.74. The fourth-order valence-corrected chi connectivity index (χ4v) is 5.21. The molecule has 0 amide bonds. The number of fused-ring (bicyclic) bond motifs is 1. The van der Waals surface area contributed by atoms with Gasteiger partial charge in [-0.1, -0.05) is 17.4 Å². The molecule has 0 aliphatic carbocycles. The maximum absolute atomic E-state index is 12.4. The van der Waals surface area contributed by atoms with E-state index in [0.717, 1.165) is 21.1 Å². The number of hydrogen-bond donors (Lipinski definition) is 0. The number of para-hydroxylation sites is 1.